The second kappa shape index (κ2) is 9.76. The zero-order valence-corrected chi connectivity index (χ0v) is 21.3. The SMILES string of the molecule is CN(C[C@@H]1CC[C@H](n2ccc3c(N)ncnc32)C1)[C@H]1C[C@H](CCc2nc3cc(OC(F)(F)F)ccc3[nH]2)C1. The fourth-order valence-corrected chi connectivity index (χ4v) is 6.30. The van der Waals surface area contributed by atoms with E-state index >= 15 is 0 Å². The number of anilines is 1. The molecule has 6 rings (SSSR count). The van der Waals surface area contributed by atoms with Crippen molar-refractivity contribution < 1.29 is 17.9 Å². The number of ether oxygens (including phenoxy) is 1. The van der Waals surface area contributed by atoms with Gasteiger partial charge in [0, 0.05) is 37.3 Å². The van der Waals surface area contributed by atoms with Gasteiger partial charge in [0.05, 0.1) is 16.4 Å². The van der Waals surface area contributed by atoms with Crippen LogP contribution in [0.5, 0.6) is 5.75 Å². The number of aromatic nitrogens is 5. The first-order chi connectivity index (χ1) is 18.2. The van der Waals surface area contributed by atoms with E-state index in [-0.39, 0.29) is 5.75 Å². The van der Waals surface area contributed by atoms with Gasteiger partial charge in [0.25, 0.3) is 0 Å². The molecule has 2 aliphatic carbocycles. The van der Waals surface area contributed by atoms with Gasteiger partial charge in [-0.3, -0.25) is 0 Å². The van der Waals surface area contributed by atoms with E-state index in [2.05, 4.69) is 47.4 Å². The largest absolute Gasteiger partial charge is 0.573 e. The lowest BCUT2D eigenvalue weighted by Gasteiger charge is -2.42. The number of aromatic amines is 1. The number of nitrogens with two attached hydrogens (primary N) is 1. The number of halogens is 3. The van der Waals surface area contributed by atoms with Crippen molar-refractivity contribution >= 4 is 27.9 Å². The minimum Gasteiger partial charge on any atom is -0.406 e. The molecule has 3 aromatic heterocycles. The molecule has 3 heterocycles. The van der Waals surface area contributed by atoms with Crippen molar-refractivity contribution in [3.63, 3.8) is 0 Å². The molecule has 0 unspecified atom stereocenters. The summed E-state index contributed by atoms with van der Waals surface area (Å²) in [5, 5.41) is 0.927. The molecule has 0 amide bonds. The second-order valence-corrected chi connectivity index (χ2v) is 10.9. The van der Waals surface area contributed by atoms with E-state index in [1.54, 1.807) is 12.4 Å². The molecule has 2 fully saturated rings. The van der Waals surface area contributed by atoms with E-state index in [0.29, 0.717) is 35.3 Å². The molecule has 11 heteroatoms. The molecule has 38 heavy (non-hydrogen) atoms. The van der Waals surface area contributed by atoms with Crippen LogP contribution < -0.4 is 10.5 Å². The average molecular weight is 528 g/mol. The third-order valence-electron chi connectivity index (χ3n) is 8.35. The van der Waals surface area contributed by atoms with Crippen LogP contribution in [0, 0.1) is 11.8 Å². The highest BCUT2D eigenvalue weighted by atomic mass is 19.4. The third kappa shape index (κ3) is 5.16. The Kier molecular flexibility index (Phi) is 6.41. The summed E-state index contributed by atoms with van der Waals surface area (Å²) in [6, 6.07) is 7.29. The topological polar surface area (TPSA) is 97.9 Å². The number of H-pyrrole nitrogens is 1. The Bertz CT molecular complexity index is 1430. The highest BCUT2D eigenvalue weighted by molar-refractivity contribution is 5.86. The van der Waals surface area contributed by atoms with Crippen molar-refractivity contribution in [3.8, 4) is 5.75 Å². The zero-order chi connectivity index (χ0) is 26.4. The molecular formula is C27H32F3N7O. The van der Waals surface area contributed by atoms with Crippen molar-refractivity contribution in [1.82, 2.24) is 29.4 Å². The number of hydrogen-bond acceptors (Lipinski definition) is 6. The Morgan fingerprint density at radius 2 is 1.97 bits per heavy atom. The smallest absolute Gasteiger partial charge is 0.406 e. The summed E-state index contributed by atoms with van der Waals surface area (Å²) in [5.74, 6) is 2.41. The molecule has 0 saturated heterocycles. The predicted molar refractivity (Wildman–Crippen MR) is 139 cm³/mol. The molecule has 2 atom stereocenters. The van der Waals surface area contributed by atoms with Crippen molar-refractivity contribution in [3.05, 3.63) is 42.6 Å². The molecule has 0 spiro atoms. The first-order valence-corrected chi connectivity index (χ1v) is 13.2. The highest BCUT2D eigenvalue weighted by Crippen LogP contribution is 2.40. The summed E-state index contributed by atoms with van der Waals surface area (Å²) in [5.41, 5.74) is 8.15. The van der Waals surface area contributed by atoms with Crippen LogP contribution in [0.2, 0.25) is 0 Å². The van der Waals surface area contributed by atoms with Crippen molar-refractivity contribution in [2.75, 3.05) is 19.3 Å². The van der Waals surface area contributed by atoms with Crippen LogP contribution in [0.25, 0.3) is 22.1 Å². The fourth-order valence-electron chi connectivity index (χ4n) is 6.30. The number of rotatable bonds is 8. The summed E-state index contributed by atoms with van der Waals surface area (Å²) in [4.78, 5) is 18.8. The van der Waals surface area contributed by atoms with E-state index in [0.717, 1.165) is 54.6 Å². The normalized spacial score (nSPS) is 23.9. The van der Waals surface area contributed by atoms with Crippen molar-refractivity contribution in [2.24, 2.45) is 11.8 Å². The van der Waals surface area contributed by atoms with Gasteiger partial charge in [0.2, 0.25) is 0 Å². The number of hydrogen-bond donors (Lipinski definition) is 2. The molecule has 0 aliphatic heterocycles. The Morgan fingerprint density at radius 1 is 1.13 bits per heavy atom. The Morgan fingerprint density at radius 3 is 2.79 bits per heavy atom. The molecule has 0 bridgehead atoms. The molecule has 1 aromatic carbocycles. The number of nitrogen functional groups attached to an aromatic ring is 1. The molecular weight excluding hydrogens is 495 g/mol. The fraction of sp³-hybridized carbons (Fsp3) is 0.519. The molecule has 202 valence electrons. The quantitative estimate of drug-likeness (QED) is 0.315. The van der Waals surface area contributed by atoms with Gasteiger partial charge < -0.3 is 24.9 Å². The lowest BCUT2D eigenvalue weighted by atomic mass is 9.76. The van der Waals surface area contributed by atoms with Crippen molar-refractivity contribution in [1.29, 1.82) is 0 Å². The van der Waals surface area contributed by atoms with Gasteiger partial charge in [0.15, 0.2) is 0 Å². The summed E-state index contributed by atoms with van der Waals surface area (Å²) in [6.45, 7) is 1.11. The summed E-state index contributed by atoms with van der Waals surface area (Å²) < 4.78 is 43.7. The number of nitrogens with one attached hydrogen (secondary N) is 1. The minimum atomic E-state index is -4.71. The molecule has 2 saturated carbocycles. The number of nitrogens with zero attached hydrogens (tertiary/aromatic N) is 5. The number of imidazole rings is 1. The Labute approximate surface area is 218 Å². The number of aryl methyl sites for hydroxylation is 1. The van der Waals surface area contributed by atoms with Crippen LogP contribution >= 0.6 is 0 Å². The van der Waals surface area contributed by atoms with Gasteiger partial charge in [-0.25, -0.2) is 15.0 Å². The summed E-state index contributed by atoms with van der Waals surface area (Å²) >= 11 is 0. The molecule has 4 aromatic rings. The summed E-state index contributed by atoms with van der Waals surface area (Å²) in [6.07, 6.45) is 6.61. The third-order valence-corrected chi connectivity index (χ3v) is 8.35. The second-order valence-electron chi connectivity index (χ2n) is 10.9. The Balaban J connectivity index is 0.961. The van der Waals surface area contributed by atoms with Gasteiger partial charge in [-0.2, -0.15) is 0 Å². The summed E-state index contributed by atoms with van der Waals surface area (Å²) in [7, 11) is 2.24. The van der Waals surface area contributed by atoms with Crippen LogP contribution in [0.3, 0.4) is 0 Å². The Hall–Kier alpha value is -3.34. The van der Waals surface area contributed by atoms with E-state index < -0.39 is 6.36 Å². The van der Waals surface area contributed by atoms with Crippen LogP contribution in [0.1, 0.15) is 50.4 Å². The van der Waals surface area contributed by atoms with Gasteiger partial charge in [-0.15, -0.1) is 13.2 Å². The average Bonchev–Trinajstić information content (AvgIpc) is 3.55. The van der Waals surface area contributed by atoms with Gasteiger partial charge in [-0.1, -0.05) is 0 Å². The first-order valence-electron chi connectivity index (χ1n) is 13.2. The van der Waals surface area contributed by atoms with E-state index in [9.17, 15) is 13.2 Å². The predicted octanol–water partition coefficient (Wildman–Crippen LogP) is 5.47. The van der Waals surface area contributed by atoms with Gasteiger partial charge in [-0.05, 0) is 75.6 Å². The highest BCUT2D eigenvalue weighted by Gasteiger charge is 2.35. The first kappa shape index (κ1) is 25.0. The monoisotopic (exact) mass is 527 g/mol. The molecule has 2 aliphatic rings. The van der Waals surface area contributed by atoms with E-state index in [4.69, 9.17) is 5.73 Å². The maximum atomic E-state index is 12.5. The maximum Gasteiger partial charge on any atom is 0.573 e. The molecule has 0 radical (unpaired) electrons. The lowest BCUT2D eigenvalue weighted by Crippen LogP contribution is -2.44. The van der Waals surface area contributed by atoms with Crippen LogP contribution in [0.15, 0.2) is 36.8 Å². The maximum absolute atomic E-state index is 12.5. The van der Waals surface area contributed by atoms with Crippen LogP contribution in [0.4, 0.5) is 19.0 Å². The number of fused-ring (bicyclic) bond motifs is 2. The molecule has 8 nitrogen and oxygen atoms in total. The standard InChI is InChI=1S/C27H32F3N7O/c1-36(14-17-2-4-18(12-17)37-9-8-21-25(31)32-15-33-26(21)37)19-10-16(11-19)3-7-24-34-22-6-5-20(13-23(22)35-24)38-27(28,29)30/h5-6,8-9,13,15-19H,2-4,7,10-12,14H2,1H3,(H,34,35)(H2,31,32,33)/t16-,17-,18+,19-/m1/s1. The molecule has 3 N–H and O–H groups in total. The van der Waals surface area contributed by atoms with Gasteiger partial charge in [0.1, 0.15) is 29.4 Å². The number of alkyl halides is 3. The van der Waals surface area contributed by atoms with Crippen LogP contribution in [-0.4, -0.2) is 55.4 Å². The van der Waals surface area contributed by atoms with Gasteiger partial charge >= 0.3 is 6.36 Å². The lowest BCUT2D eigenvalue weighted by molar-refractivity contribution is -0.274. The van der Waals surface area contributed by atoms with Crippen molar-refractivity contribution in [2.45, 2.75) is 63.4 Å². The zero-order valence-electron chi connectivity index (χ0n) is 21.3. The van der Waals surface area contributed by atoms with E-state index in [1.165, 1.54) is 31.4 Å². The number of benzene rings is 1. The van der Waals surface area contributed by atoms with E-state index in [1.807, 2.05) is 6.07 Å². The minimum absolute atomic E-state index is 0.248. The van der Waals surface area contributed by atoms with Crippen LogP contribution in [-0.2, 0) is 6.42 Å².